The predicted molar refractivity (Wildman–Crippen MR) is 274 cm³/mol. The second-order valence-corrected chi connectivity index (χ2v) is 17.9. The first-order chi connectivity index (χ1) is 37.9. The third-order valence-electron chi connectivity index (χ3n) is 11.6. The van der Waals surface area contributed by atoms with Gasteiger partial charge in [-0.1, -0.05) is 12.1 Å². The van der Waals surface area contributed by atoms with E-state index in [1.165, 1.54) is 48.8 Å². The van der Waals surface area contributed by atoms with Crippen LogP contribution in [0.4, 0.5) is 0 Å². The molecule has 10 amide bonds. The van der Waals surface area contributed by atoms with Gasteiger partial charge in [0.2, 0.25) is 47.3 Å². The quantitative estimate of drug-likeness (QED) is 0.0279. The molecule has 20 N–H and O–H groups in total. The zero-order chi connectivity index (χ0) is 59.9. The Morgan fingerprint density at radius 3 is 0.950 bits per heavy atom. The summed E-state index contributed by atoms with van der Waals surface area (Å²) >= 11 is 0. The van der Waals surface area contributed by atoms with E-state index in [2.05, 4.69) is 52.5 Å². The van der Waals surface area contributed by atoms with Crippen molar-refractivity contribution in [3.05, 3.63) is 60.2 Å². The van der Waals surface area contributed by atoms with Gasteiger partial charge in [0.25, 0.3) is 11.8 Å². The van der Waals surface area contributed by atoms with Crippen LogP contribution in [-0.2, 0) is 57.5 Å². The molecule has 32 nitrogen and oxygen atoms in total. The molecule has 0 saturated heterocycles. The fourth-order valence-electron chi connectivity index (χ4n) is 7.36. The first-order valence-electron chi connectivity index (χ1n) is 25.0. The molecule has 0 aromatic carbocycles. The second kappa shape index (κ2) is 35.3. The van der Waals surface area contributed by atoms with Crippen molar-refractivity contribution < 1.29 is 87.5 Å². The van der Waals surface area contributed by atoms with Gasteiger partial charge in [0.05, 0.1) is 12.8 Å². The van der Waals surface area contributed by atoms with Crippen LogP contribution in [0.2, 0.25) is 0 Å². The number of rotatable bonds is 39. The van der Waals surface area contributed by atoms with Gasteiger partial charge in [0, 0.05) is 25.2 Å². The molecule has 0 fully saturated rings. The number of amides is 10. The maximum Gasteiger partial charge on any atom is 0.305 e. The Bertz CT molecular complexity index is 2340. The number of nitrogens with zero attached hydrogens (tertiary/aromatic N) is 2. The minimum atomic E-state index is -2.12. The third kappa shape index (κ3) is 25.3. The number of hydrogen-bond acceptors (Lipinski definition) is 18. The lowest BCUT2D eigenvalue weighted by molar-refractivity contribution is -0.142. The van der Waals surface area contributed by atoms with Crippen LogP contribution in [0, 0.1) is 0 Å². The molecule has 2 heterocycles. The molecule has 0 aliphatic rings. The smallest absolute Gasteiger partial charge is 0.305 e. The molecule has 0 bridgehead atoms. The van der Waals surface area contributed by atoms with Gasteiger partial charge >= 0.3 is 23.9 Å². The Balaban J connectivity index is 2.69. The molecule has 80 heavy (non-hydrogen) atoms. The summed E-state index contributed by atoms with van der Waals surface area (Å²) in [6, 6.07) is -6.22. The number of primary amides is 2. The summed E-state index contributed by atoms with van der Waals surface area (Å²) in [6.45, 7) is 0.338. The second-order valence-electron chi connectivity index (χ2n) is 17.9. The summed E-state index contributed by atoms with van der Waals surface area (Å²) in [7, 11) is 0. The Hall–Kier alpha value is -9.20. The molecule has 438 valence electrons. The van der Waals surface area contributed by atoms with E-state index >= 15 is 0 Å². The van der Waals surface area contributed by atoms with E-state index in [0.29, 0.717) is 12.8 Å². The number of pyridine rings is 2. The molecule has 2 rings (SSSR count). The first kappa shape index (κ1) is 66.9. The van der Waals surface area contributed by atoms with E-state index in [1.807, 2.05) is 0 Å². The molecule has 0 unspecified atom stereocenters. The van der Waals surface area contributed by atoms with Gasteiger partial charge in [0.1, 0.15) is 59.7 Å². The van der Waals surface area contributed by atoms with Crippen molar-refractivity contribution in [3.63, 3.8) is 0 Å². The standard InChI is InChI=1S/C48H68N14O18/c49-19-5-1-9-25(39(51)71)55-43(75)29(59-47(79)33(23-37(67)68)61-45(77)31(15-17-35(63)64)57-41(73)27-11-3-7-21-53-27)13-14-30(44(76)56-26(40(52)72)10-2-6-20-50)60-48(80)34(24-38(69)70)62-46(78)32(16-18-36(65)66)58-42(74)28-12-4-8-22-54-28/h3-4,7-8,11-12,21-22,25-26,29-34H,1-2,5-6,9-10,13-20,23-24,49-50H2,(H2,51,71)(H2,52,72)(H,55,75)(H,56,76)(H,57,73)(H,58,74)(H,59,79)(H,60,80)(H,61,77)(H,62,78)(H,63,64)(H,65,66)(H,67,68)(H,69,70)/t25-,26-,29-,30-,31-,32-,33-,34-/m0/s1. The van der Waals surface area contributed by atoms with Gasteiger partial charge in [-0.2, -0.15) is 0 Å². The van der Waals surface area contributed by atoms with Crippen molar-refractivity contribution in [2.75, 3.05) is 13.1 Å². The molecule has 2 aromatic rings. The highest BCUT2D eigenvalue weighted by Gasteiger charge is 2.36. The Kier molecular flexibility index (Phi) is 29.5. The number of aliphatic carboxylic acids is 4. The lowest BCUT2D eigenvalue weighted by Gasteiger charge is -2.28. The number of nitrogens with one attached hydrogen (secondary N) is 8. The van der Waals surface area contributed by atoms with Crippen LogP contribution in [0.3, 0.4) is 0 Å². The molecular formula is C48H68N14O18. The maximum absolute atomic E-state index is 14.2. The lowest BCUT2D eigenvalue weighted by atomic mass is 10.0. The van der Waals surface area contributed by atoms with Crippen LogP contribution in [0.15, 0.2) is 48.8 Å². The number of carboxylic acids is 4. The monoisotopic (exact) mass is 1130 g/mol. The topological polar surface area (TPSA) is 546 Å². The van der Waals surface area contributed by atoms with Crippen molar-refractivity contribution in [1.29, 1.82) is 0 Å². The van der Waals surface area contributed by atoms with Crippen LogP contribution in [-0.4, -0.2) is 175 Å². The molecule has 0 saturated carbocycles. The van der Waals surface area contributed by atoms with E-state index in [0.717, 1.165) is 0 Å². The van der Waals surface area contributed by atoms with E-state index < -0.39 is 183 Å². The van der Waals surface area contributed by atoms with Crippen molar-refractivity contribution in [3.8, 4) is 0 Å². The van der Waals surface area contributed by atoms with Crippen LogP contribution in [0.25, 0.3) is 0 Å². The van der Waals surface area contributed by atoms with Crippen molar-refractivity contribution in [2.45, 2.75) is 138 Å². The van der Waals surface area contributed by atoms with Gasteiger partial charge in [-0.05, 0) is 102 Å². The Morgan fingerprint density at radius 1 is 0.375 bits per heavy atom. The predicted octanol–water partition coefficient (Wildman–Crippen LogP) is -5.03. The van der Waals surface area contributed by atoms with Crippen molar-refractivity contribution in [1.82, 2.24) is 52.5 Å². The van der Waals surface area contributed by atoms with E-state index in [-0.39, 0.29) is 50.2 Å². The summed E-state index contributed by atoms with van der Waals surface area (Å²) in [6.07, 6.45) is -3.15. The zero-order valence-electron chi connectivity index (χ0n) is 43.3. The fourth-order valence-corrected chi connectivity index (χ4v) is 7.36. The molecule has 0 spiro atoms. The van der Waals surface area contributed by atoms with Gasteiger partial charge in [0.15, 0.2) is 0 Å². The lowest BCUT2D eigenvalue weighted by Crippen LogP contribution is -2.60. The van der Waals surface area contributed by atoms with Gasteiger partial charge in [-0.3, -0.25) is 77.1 Å². The minimum absolute atomic E-state index is 0.0982. The van der Waals surface area contributed by atoms with E-state index in [4.69, 9.17) is 22.9 Å². The third-order valence-corrected chi connectivity index (χ3v) is 11.6. The fraction of sp³-hybridized carbons (Fsp3) is 0.500. The van der Waals surface area contributed by atoms with E-state index in [9.17, 15) is 87.5 Å². The summed E-state index contributed by atoms with van der Waals surface area (Å²) in [5.74, 6) is -18.1. The normalized spacial score (nSPS) is 13.8. The van der Waals surface area contributed by atoms with Gasteiger partial charge in [-0.25, -0.2) is 0 Å². The van der Waals surface area contributed by atoms with Crippen molar-refractivity contribution >= 4 is 82.9 Å². The Morgan fingerprint density at radius 2 is 0.675 bits per heavy atom. The Labute approximate surface area is 456 Å². The maximum atomic E-state index is 14.2. The molecular weight excluding hydrogens is 1060 g/mol. The summed E-state index contributed by atoms with van der Waals surface area (Å²) in [4.78, 5) is 190. The van der Waals surface area contributed by atoms with Gasteiger partial charge < -0.3 is 85.9 Å². The van der Waals surface area contributed by atoms with Gasteiger partial charge in [-0.15, -0.1) is 0 Å². The van der Waals surface area contributed by atoms with Crippen LogP contribution in [0.1, 0.15) is 111 Å². The molecule has 2 aromatic heterocycles. The van der Waals surface area contributed by atoms with Crippen LogP contribution in [0.5, 0.6) is 0 Å². The highest BCUT2D eigenvalue weighted by atomic mass is 16.4. The number of unbranched alkanes of at least 4 members (excludes halogenated alkanes) is 2. The number of nitrogens with two attached hydrogens (primary N) is 4. The van der Waals surface area contributed by atoms with Crippen LogP contribution >= 0.6 is 0 Å². The van der Waals surface area contributed by atoms with Crippen LogP contribution < -0.4 is 65.5 Å². The number of hydrogen-bond donors (Lipinski definition) is 16. The molecule has 0 aliphatic carbocycles. The number of aromatic nitrogens is 2. The van der Waals surface area contributed by atoms with Crippen molar-refractivity contribution in [2.24, 2.45) is 22.9 Å². The molecule has 32 heteroatoms. The minimum Gasteiger partial charge on any atom is -0.481 e. The largest absolute Gasteiger partial charge is 0.481 e. The SMILES string of the molecule is NCCCC[C@H](NC(=O)[C@H](CC[C@H](NC(=O)[C@H](CC(=O)O)NC(=O)[C@H](CCC(=O)O)NC(=O)c1ccccn1)C(=O)N[C@@H](CCCCN)C(N)=O)NC(=O)[C@H](CC(=O)O)NC(=O)[C@H](CCC(=O)O)NC(=O)c1ccccn1)C(N)=O. The summed E-state index contributed by atoms with van der Waals surface area (Å²) < 4.78 is 0. The highest BCUT2D eigenvalue weighted by molar-refractivity contribution is 6.01. The first-order valence-corrected chi connectivity index (χ1v) is 25.0. The summed E-state index contributed by atoms with van der Waals surface area (Å²) in [5.41, 5.74) is 21.9. The van der Waals surface area contributed by atoms with E-state index in [1.54, 1.807) is 0 Å². The molecule has 8 atom stereocenters. The number of carboxylic acid groups (broad SMARTS) is 4. The highest BCUT2D eigenvalue weighted by Crippen LogP contribution is 2.12. The molecule has 0 aliphatic heterocycles. The summed E-state index contributed by atoms with van der Waals surface area (Å²) in [5, 5.41) is 56.4. The zero-order valence-corrected chi connectivity index (χ0v) is 43.3. The number of carbonyl (C=O) groups is 14. The average Bonchev–Trinajstić information content (AvgIpc) is 3.40. The molecule has 0 radical (unpaired) electrons. The number of carbonyl (C=O) groups excluding carboxylic acids is 10. The average molecular weight is 1130 g/mol.